The Bertz CT molecular complexity index is 208. The van der Waals surface area contributed by atoms with E-state index in [0.29, 0.717) is 0 Å². The predicted octanol–water partition coefficient (Wildman–Crippen LogP) is 1.13. The van der Waals surface area contributed by atoms with Crippen molar-refractivity contribution in [2.24, 2.45) is 0 Å². The van der Waals surface area contributed by atoms with Crippen molar-refractivity contribution >= 4 is 11.6 Å². The van der Waals surface area contributed by atoms with Crippen molar-refractivity contribution in [3.8, 4) is 0 Å². The smallest absolute Gasteiger partial charge is 0.151 e. The highest BCUT2D eigenvalue weighted by molar-refractivity contribution is 6.29. The van der Waals surface area contributed by atoms with Crippen LogP contribution in [-0.2, 0) is 0 Å². The minimum Gasteiger partial charge on any atom is -0.158 e. The third kappa shape index (κ3) is 1.12. The lowest BCUT2D eigenvalue weighted by Gasteiger charge is -1.78. The van der Waals surface area contributed by atoms with Crippen LogP contribution in [0.1, 0.15) is 2.74 Å². The van der Waals surface area contributed by atoms with E-state index >= 15 is 0 Å². The fraction of sp³-hybridized carbons (Fsp3) is 0. The van der Waals surface area contributed by atoms with Crippen LogP contribution in [0.2, 0.25) is 5.15 Å². The van der Waals surface area contributed by atoms with Gasteiger partial charge in [0.05, 0.1) is 2.74 Å². The van der Waals surface area contributed by atoms with Gasteiger partial charge in [0.15, 0.2) is 5.15 Å². The lowest BCUT2D eigenvalue weighted by atomic mass is 10.6. The topological polar surface area (TPSA) is 25.8 Å². The first kappa shape index (κ1) is 2.62. The number of rotatable bonds is 0. The number of aromatic nitrogens is 2. The Kier molecular flexibility index (Phi) is 0.707. The molecule has 0 amide bonds. The van der Waals surface area contributed by atoms with Crippen LogP contribution in [0.4, 0.5) is 0 Å². The molecule has 0 radical (unpaired) electrons. The maximum absolute atomic E-state index is 7.02. The van der Waals surface area contributed by atoms with Gasteiger partial charge in [-0.3, -0.25) is 0 Å². The maximum atomic E-state index is 7.02. The Balaban J connectivity index is 3.25. The first-order chi connectivity index (χ1) is 4.22. The summed E-state index contributed by atoms with van der Waals surface area (Å²) in [5.74, 6) is 0. The van der Waals surface area contributed by atoms with Gasteiger partial charge < -0.3 is 0 Å². The number of halogens is 1. The Morgan fingerprint density at radius 1 is 1.86 bits per heavy atom. The summed E-state index contributed by atoms with van der Waals surface area (Å²) in [6.45, 7) is 0. The maximum Gasteiger partial charge on any atom is 0.151 e. The van der Waals surface area contributed by atoms with E-state index in [1.807, 2.05) is 0 Å². The van der Waals surface area contributed by atoms with Crippen molar-refractivity contribution in [1.29, 1.82) is 0 Å². The third-order valence-electron chi connectivity index (χ3n) is 0.443. The molecule has 0 aliphatic carbocycles. The largest absolute Gasteiger partial charge is 0.158 e. The molecule has 0 bridgehead atoms. The summed E-state index contributed by atoms with van der Waals surface area (Å²) >= 11 is 5.33. The van der Waals surface area contributed by atoms with Crippen molar-refractivity contribution < 1.29 is 2.74 Å². The molecule has 1 aromatic rings. The van der Waals surface area contributed by atoms with Gasteiger partial charge in [-0.1, -0.05) is 11.6 Å². The Morgan fingerprint density at radius 2 is 2.71 bits per heavy atom. The molecular weight excluding hydrogens is 112 g/mol. The van der Waals surface area contributed by atoms with Gasteiger partial charge in [0.2, 0.25) is 0 Å². The fourth-order valence-corrected chi connectivity index (χ4v) is 0.323. The Hall–Kier alpha value is -0.630. The second-order valence-electron chi connectivity index (χ2n) is 0.905. The SMILES string of the molecule is [2H]c1cnnc(Cl)c1[2H]. The van der Waals surface area contributed by atoms with Crippen molar-refractivity contribution in [3.63, 3.8) is 0 Å². The van der Waals surface area contributed by atoms with E-state index in [1.54, 1.807) is 0 Å². The van der Waals surface area contributed by atoms with Gasteiger partial charge in [-0.05, 0) is 12.1 Å². The molecule has 0 unspecified atom stereocenters. The van der Waals surface area contributed by atoms with Gasteiger partial charge in [0.1, 0.15) is 0 Å². The molecule has 2 nitrogen and oxygen atoms in total. The zero-order chi connectivity index (χ0) is 6.85. The fourth-order valence-electron chi connectivity index (χ4n) is 0.225. The minimum absolute atomic E-state index is 0.00463. The summed E-state index contributed by atoms with van der Waals surface area (Å²) in [4.78, 5) is 0. The van der Waals surface area contributed by atoms with Crippen LogP contribution in [0.5, 0.6) is 0 Å². The molecule has 0 aromatic carbocycles. The third-order valence-corrected chi connectivity index (χ3v) is 0.613. The first-order valence-corrected chi connectivity index (χ1v) is 2.04. The highest BCUT2D eigenvalue weighted by atomic mass is 35.5. The van der Waals surface area contributed by atoms with Crippen molar-refractivity contribution in [2.45, 2.75) is 0 Å². The summed E-state index contributed by atoms with van der Waals surface area (Å²) in [6.07, 6.45) is 1.17. The molecule has 1 heterocycles. The second kappa shape index (κ2) is 1.89. The predicted molar refractivity (Wildman–Crippen MR) is 27.0 cm³/mol. The summed E-state index contributed by atoms with van der Waals surface area (Å²) in [5.41, 5.74) is 0. The highest BCUT2D eigenvalue weighted by Crippen LogP contribution is 1.96. The number of hydrogen-bond acceptors (Lipinski definition) is 2. The lowest BCUT2D eigenvalue weighted by Crippen LogP contribution is -1.74. The van der Waals surface area contributed by atoms with Crippen LogP contribution >= 0.6 is 11.6 Å². The molecule has 0 saturated carbocycles. The van der Waals surface area contributed by atoms with Gasteiger partial charge in [0, 0.05) is 6.20 Å². The van der Waals surface area contributed by atoms with Crippen molar-refractivity contribution in [3.05, 3.63) is 23.4 Å². The van der Waals surface area contributed by atoms with Crippen LogP contribution in [0, 0.1) is 0 Å². The molecule has 7 heavy (non-hydrogen) atoms. The van der Waals surface area contributed by atoms with E-state index in [0.717, 1.165) is 0 Å². The van der Waals surface area contributed by atoms with Crippen molar-refractivity contribution in [1.82, 2.24) is 10.2 Å². The standard InChI is InChI=1S/C4H3ClN2/c5-4-2-1-3-6-7-4/h1-3H/i1D,2D. The molecule has 0 aliphatic rings. The van der Waals surface area contributed by atoms with Crippen LogP contribution in [0.3, 0.4) is 0 Å². The highest BCUT2D eigenvalue weighted by Gasteiger charge is 1.78. The molecule has 0 spiro atoms. The molecule has 36 valence electrons. The second-order valence-corrected chi connectivity index (χ2v) is 1.26. The Morgan fingerprint density at radius 3 is 3.29 bits per heavy atom. The van der Waals surface area contributed by atoms with E-state index in [4.69, 9.17) is 14.3 Å². The molecule has 0 N–H and O–H groups in total. The van der Waals surface area contributed by atoms with Gasteiger partial charge in [-0.15, -0.1) is 5.10 Å². The molecule has 3 heteroatoms. The molecule has 0 aliphatic heterocycles. The number of nitrogens with zero attached hydrogens (tertiary/aromatic N) is 2. The first-order valence-electron chi connectivity index (χ1n) is 2.66. The normalized spacial score (nSPS) is 12.7. The molecule has 0 fully saturated rings. The van der Waals surface area contributed by atoms with Gasteiger partial charge >= 0.3 is 0 Å². The van der Waals surface area contributed by atoms with Gasteiger partial charge in [0.25, 0.3) is 0 Å². The molecule has 1 aromatic heterocycles. The van der Waals surface area contributed by atoms with Crippen LogP contribution in [0.15, 0.2) is 18.3 Å². The minimum atomic E-state index is -0.0772. The molecule has 0 saturated heterocycles. The monoisotopic (exact) mass is 116 g/mol. The quantitative estimate of drug-likeness (QED) is 0.508. The van der Waals surface area contributed by atoms with Crippen molar-refractivity contribution in [2.75, 3.05) is 0 Å². The zero-order valence-electron chi connectivity index (χ0n) is 5.35. The van der Waals surface area contributed by atoms with E-state index in [-0.39, 0.29) is 17.2 Å². The number of hydrogen-bond donors (Lipinski definition) is 0. The molecule has 0 atom stereocenters. The summed E-state index contributed by atoms with van der Waals surface area (Å²) in [7, 11) is 0. The van der Waals surface area contributed by atoms with Crippen LogP contribution in [-0.4, -0.2) is 10.2 Å². The van der Waals surface area contributed by atoms with E-state index in [2.05, 4.69) is 10.2 Å². The van der Waals surface area contributed by atoms with E-state index < -0.39 is 0 Å². The zero-order valence-corrected chi connectivity index (χ0v) is 4.11. The molecular formula is C4H3ClN2. The van der Waals surface area contributed by atoms with Gasteiger partial charge in [-0.25, -0.2) is 0 Å². The summed E-state index contributed by atoms with van der Waals surface area (Å²) in [6, 6.07) is -0.0818. The molecule has 1 rings (SSSR count). The van der Waals surface area contributed by atoms with Crippen LogP contribution < -0.4 is 0 Å². The summed E-state index contributed by atoms with van der Waals surface area (Å²) < 4.78 is 14.0. The van der Waals surface area contributed by atoms with Gasteiger partial charge in [-0.2, -0.15) is 5.10 Å². The average molecular weight is 117 g/mol. The van der Waals surface area contributed by atoms with Crippen LogP contribution in [0.25, 0.3) is 0 Å². The average Bonchev–Trinajstić information content (AvgIpc) is 1.83. The van der Waals surface area contributed by atoms with E-state index in [1.165, 1.54) is 6.20 Å². The van der Waals surface area contributed by atoms with E-state index in [9.17, 15) is 0 Å². The summed E-state index contributed by atoms with van der Waals surface area (Å²) in [5, 5.41) is 6.68. The lowest BCUT2D eigenvalue weighted by molar-refractivity contribution is 1.03. The Labute approximate surface area is 49.0 Å².